The Morgan fingerprint density at radius 3 is 2.50 bits per heavy atom. The van der Waals surface area contributed by atoms with Crippen molar-refractivity contribution in [2.75, 3.05) is 7.11 Å². The quantitative estimate of drug-likeness (QED) is 0.919. The second-order valence-corrected chi connectivity index (χ2v) is 6.08. The number of hydrogen-bond acceptors (Lipinski definition) is 2. The average molecular weight is 280 g/mol. The summed E-state index contributed by atoms with van der Waals surface area (Å²) in [6.07, 6.45) is 3.72. The molecule has 0 bridgehead atoms. The van der Waals surface area contributed by atoms with Gasteiger partial charge in [0.05, 0.1) is 12.5 Å². The molecule has 1 aromatic rings. The third-order valence-corrected chi connectivity index (χ3v) is 4.05. The average Bonchev–Trinajstić information content (AvgIpc) is 2.41. The van der Waals surface area contributed by atoms with Crippen molar-refractivity contribution in [2.45, 2.75) is 46.0 Å². The molecule has 1 N–H and O–H groups in total. The molecule has 0 radical (unpaired) electrons. The van der Waals surface area contributed by atoms with Crippen LogP contribution in [-0.2, 0) is 24.1 Å². The maximum Gasteiger partial charge on any atom is 0.309 e. The highest BCUT2D eigenvalue weighted by molar-refractivity contribution is 5.74. The number of carboxylic acids is 1. The van der Waals surface area contributed by atoms with E-state index in [1.54, 1.807) is 27.0 Å². The van der Waals surface area contributed by atoms with Crippen molar-refractivity contribution in [2.24, 2.45) is 5.41 Å². The number of aliphatic carboxylic acids is 1. The molecule has 0 unspecified atom stereocenters. The molecule has 0 heterocycles. The number of halogens is 1. The van der Waals surface area contributed by atoms with Crippen LogP contribution in [0.2, 0.25) is 0 Å². The minimum absolute atomic E-state index is 0.164. The molecule has 4 heteroatoms. The van der Waals surface area contributed by atoms with E-state index in [1.807, 2.05) is 0 Å². The Morgan fingerprint density at radius 1 is 1.35 bits per heavy atom. The van der Waals surface area contributed by atoms with Gasteiger partial charge in [-0.15, -0.1) is 0 Å². The van der Waals surface area contributed by atoms with Crippen LogP contribution in [0.25, 0.3) is 0 Å². The van der Waals surface area contributed by atoms with Crippen LogP contribution >= 0.6 is 0 Å². The normalized spacial score (nSPS) is 14.8. The van der Waals surface area contributed by atoms with Crippen molar-refractivity contribution >= 4 is 5.97 Å². The Bertz CT molecular complexity index is 535. The molecule has 1 aliphatic carbocycles. The Hall–Kier alpha value is -1.58. The number of methoxy groups -OCH3 is 1. The van der Waals surface area contributed by atoms with Gasteiger partial charge in [-0.2, -0.15) is 0 Å². The van der Waals surface area contributed by atoms with E-state index in [4.69, 9.17) is 4.74 Å². The summed E-state index contributed by atoms with van der Waals surface area (Å²) in [7, 11) is 1.58. The molecule has 20 heavy (non-hydrogen) atoms. The lowest BCUT2D eigenvalue weighted by molar-refractivity contribution is -0.146. The summed E-state index contributed by atoms with van der Waals surface area (Å²) in [4.78, 5) is 11.2. The summed E-state index contributed by atoms with van der Waals surface area (Å²) in [6.45, 7) is 3.22. The van der Waals surface area contributed by atoms with Crippen LogP contribution in [0.5, 0.6) is 5.75 Å². The second kappa shape index (κ2) is 5.43. The lowest BCUT2D eigenvalue weighted by Gasteiger charge is -2.24. The maximum absolute atomic E-state index is 14.6. The molecule has 0 aliphatic heterocycles. The van der Waals surface area contributed by atoms with Crippen LogP contribution in [0.15, 0.2) is 6.07 Å². The monoisotopic (exact) mass is 280 g/mol. The van der Waals surface area contributed by atoms with Gasteiger partial charge in [0.25, 0.3) is 0 Å². The van der Waals surface area contributed by atoms with Crippen LogP contribution in [0, 0.1) is 11.2 Å². The van der Waals surface area contributed by atoms with Crippen LogP contribution in [0.1, 0.15) is 43.4 Å². The van der Waals surface area contributed by atoms with E-state index in [0.717, 1.165) is 24.8 Å². The van der Waals surface area contributed by atoms with Gasteiger partial charge in [-0.05, 0) is 63.1 Å². The zero-order valence-electron chi connectivity index (χ0n) is 12.3. The van der Waals surface area contributed by atoms with Crippen molar-refractivity contribution in [3.05, 3.63) is 28.6 Å². The van der Waals surface area contributed by atoms with Crippen LogP contribution in [0.3, 0.4) is 0 Å². The van der Waals surface area contributed by atoms with E-state index in [9.17, 15) is 14.3 Å². The third kappa shape index (κ3) is 2.65. The molecule has 0 aromatic heterocycles. The number of carboxylic acid groups (broad SMARTS) is 1. The smallest absolute Gasteiger partial charge is 0.309 e. The van der Waals surface area contributed by atoms with E-state index in [1.165, 1.54) is 0 Å². The molecule has 0 saturated heterocycles. The summed E-state index contributed by atoms with van der Waals surface area (Å²) < 4.78 is 20.0. The van der Waals surface area contributed by atoms with Gasteiger partial charge in [0.15, 0.2) is 0 Å². The molecule has 110 valence electrons. The molecule has 2 rings (SSSR count). The van der Waals surface area contributed by atoms with Gasteiger partial charge in [-0.3, -0.25) is 4.79 Å². The first-order chi connectivity index (χ1) is 9.36. The largest absolute Gasteiger partial charge is 0.496 e. The molecule has 0 fully saturated rings. The van der Waals surface area contributed by atoms with Crippen molar-refractivity contribution in [1.82, 2.24) is 0 Å². The topological polar surface area (TPSA) is 46.5 Å². The zero-order valence-corrected chi connectivity index (χ0v) is 12.3. The fraction of sp³-hybridized carbons (Fsp3) is 0.562. The predicted molar refractivity (Wildman–Crippen MR) is 74.7 cm³/mol. The highest BCUT2D eigenvalue weighted by atomic mass is 19.1. The molecular weight excluding hydrogens is 259 g/mol. The summed E-state index contributed by atoms with van der Waals surface area (Å²) in [5, 5.41) is 9.20. The summed E-state index contributed by atoms with van der Waals surface area (Å²) >= 11 is 0. The van der Waals surface area contributed by atoms with Gasteiger partial charge in [0, 0.05) is 5.56 Å². The minimum Gasteiger partial charge on any atom is -0.496 e. The number of hydrogen-bond donors (Lipinski definition) is 1. The van der Waals surface area contributed by atoms with Gasteiger partial charge < -0.3 is 9.84 Å². The number of ether oxygens (including phenoxy) is 1. The highest BCUT2D eigenvalue weighted by Crippen LogP contribution is 2.36. The van der Waals surface area contributed by atoms with E-state index < -0.39 is 11.4 Å². The van der Waals surface area contributed by atoms with Crippen LogP contribution in [-0.4, -0.2) is 18.2 Å². The van der Waals surface area contributed by atoms with Gasteiger partial charge in [0.1, 0.15) is 11.6 Å². The third-order valence-electron chi connectivity index (χ3n) is 4.05. The summed E-state index contributed by atoms with van der Waals surface area (Å²) in [5.41, 5.74) is 1.12. The van der Waals surface area contributed by atoms with Crippen molar-refractivity contribution in [1.29, 1.82) is 0 Å². The second-order valence-electron chi connectivity index (χ2n) is 6.08. The van der Waals surface area contributed by atoms with E-state index >= 15 is 0 Å². The molecular formula is C16H21FO3. The van der Waals surface area contributed by atoms with Crippen molar-refractivity contribution in [3.63, 3.8) is 0 Å². The fourth-order valence-corrected chi connectivity index (χ4v) is 2.78. The number of benzene rings is 1. The lowest BCUT2D eigenvalue weighted by atomic mass is 9.82. The molecule has 0 spiro atoms. The number of rotatable bonds is 4. The van der Waals surface area contributed by atoms with Gasteiger partial charge in [0.2, 0.25) is 0 Å². The number of carbonyl (C=O) groups is 1. The lowest BCUT2D eigenvalue weighted by Crippen LogP contribution is -2.27. The Morgan fingerprint density at radius 2 is 1.95 bits per heavy atom. The molecule has 3 nitrogen and oxygen atoms in total. The van der Waals surface area contributed by atoms with Crippen molar-refractivity contribution in [3.8, 4) is 5.75 Å². The SMILES string of the molecule is COc1cc(CC(C)(C)C(=O)O)c(F)c2c1CCCC2. The van der Waals surface area contributed by atoms with E-state index in [0.29, 0.717) is 23.3 Å². The zero-order chi connectivity index (χ0) is 14.9. The molecule has 0 atom stereocenters. The highest BCUT2D eigenvalue weighted by Gasteiger charge is 2.30. The predicted octanol–water partition coefficient (Wildman–Crippen LogP) is 3.37. The molecule has 1 aromatic carbocycles. The summed E-state index contributed by atoms with van der Waals surface area (Å²) in [5.74, 6) is -0.472. The summed E-state index contributed by atoms with van der Waals surface area (Å²) in [6, 6.07) is 1.67. The van der Waals surface area contributed by atoms with Gasteiger partial charge >= 0.3 is 5.97 Å². The van der Waals surface area contributed by atoms with E-state index in [2.05, 4.69) is 0 Å². The van der Waals surface area contributed by atoms with Crippen LogP contribution < -0.4 is 4.74 Å². The Kier molecular flexibility index (Phi) is 4.02. The maximum atomic E-state index is 14.6. The molecule has 0 saturated carbocycles. The number of fused-ring (bicyclic) bond motifs is 1. The first-order valence-corrected chi connectivity index (χ1v) is 6.97. The fourth-order valence-electron chi connectivity index (χ4n) is 2.78. The van der Waals surface area contributed by atoms with Gasteiger partial charge in [-0.25, -0.2) is 4.39 Å². The van der Waals surface area contributed by atoms with Crippen LogP contribution in [0.4, 0.5) is 4.39 Å². The first kappa shape index (κ1) is 14.8. The molecule has 1 aliphatic rings. The standard InChI is InChI=1S/C16H21FO3/c1-16(2,15(18)19)9-10-8-13(20-3)11-6-4-5-7-12(11)14(10)17/h8H,4-7,9H2,1-3H3,(H,18,19). The molecule has 0 amide bonds. The first-order valence-electron chi connectivity index (χ1n) is 6.97. The minimum atomic E-state index is -0.991. The van der Waals surface area contributed by atoms with Crippen molar-refractivity contribution < 1.29 is 19.0 Å². The Balaban J connectivity index is 2.47. The Labute approximate surface area is 118 Å². The van der Waals surface area contributed by atoms with Gasteiger partial charge in [-0.1, -0.05) is 0 Å². The van der Waals surface area contributed by atoms with E-state index in [-0.39, 0.29) is 12.2 Å².